The van der Waals surface area contributed by atoms with Crippen LogP contribution in [0.3, 0.4) is 0 Å². The molecule has 0 unspecified atom stereocenters. The number of rotatable bonds is 0. The first kappa shape index (κ1) is 7.48. The molecule has 0 aromatic heterocycles. The average Bonchev–Trinajstić information content (AvgIpc) is 0.722. The monoisotopic (exact) mass is 391 g/mol. The summed E-state index contributed by atoms with van der Waals surface area (Å²) in [5, 5.41) is 0. The van der Waals surface area contributed by atoms with Gasteiger partial charge in [0.05, 0.1) is 0 Å². The van der Waals surface area contributed by atoms with Crippen LogP contribution < -0.4 is 0 Å². The van der Waals surface area contributed by atoms with Gasteiger partial charge in [0, 0.05) is 0 Å². The fourth-order valence-corrected chi connectivity index (χ4v) is 0. The number of hydrogen-bond donors (Lipinski definition) is 0. The van der Waals surface area contributed by atoms with Crippen molar-refractivity contribution in [2.45, 2.75) is 0 Å². The predicted molar refractivity (Wildman–Crippen MR) is 41.5 cm³/mol. The number of hydrogen-bond acceptors (Lipinski definition) is 0. The van der Waals surface area contributed by atoms with E-state index in [1.807, 2.05) is 0 Å². The standard InChI is InChI=1S/AsBr4/c2-1(3,4)5. The van der Waals surface area contributed by atoms with Crippen LogP contribution in [0.1, 0.15) is 0 Å². The van der Waals surface area contributed by atoms with Crippen molar-refractivity contribution in [1.29, 1.82) is 0 Å². The molecule has 0 heterocycles. The molecule has 0 amide bonds. The van der Waals surface area contributed by atoms with Crippen LogP contribution in [0.2, 0.25) is 0 Å². The van der Waals surface area contributed by atoms with Crippen molar-refractivity contribution in [3.05, 3.63) is 0 Å². The van der Waals surface area contributed by atoms with Gasteiger partial charge in [-0.1, -0.05) is 0 Å². The van der Waals surface area contributed by atoms with Crippen molar-refractivity contribution in [3.8, 4) is 0 Å². The molecule has 0 saturated heterocycles. The Bertz CT molecular complexity index is 19.1. The molecular weight excluding hydrogens is 395 g/mol. The predicted octanol–water partition coefficient (Wildman–Crippen LogP) is 3.00. The molecule has 0 fully saturated rings. The van der Waals surface area contributed by atoms with Gasteiger partial charge in [-0.2, -0.15) is 0 Å². The Morgan fingerprint density at radius 1 is 0.800 bits per heavy atom. The summed E-state index contributed by atoms with van der Waals surface area (Å²) in [6.45, 7) is 0. The molecule has 1 radical (unpaired) electrons. The second-order valence-corrected chi connectivity index (χ2v) is 53.8. The first-order valence-corrected chi connectivity index (χ1v) is 18.3. The summed E-state index contributed by atoms with van der Waals surface area (Å²) < 4.78 is 0. The molecular formula is AsBr4. The maximum atomic E-state index is 3.30. The van der Waals surface area contributed by atoms with Crippen LogP contribution in [0, 0.1) is 0 Å². The molecule has 0 aliphatic carbocycles. The van der Waals surface area contributed by atoms with Gasteiger partial charge in [0.25, 0.3) is 0 Å². The van der Waals surface area contributed by atoms with Crippen LogP contribution in [0.4, 0.5) is 0 Å². The zero-order chi connectivity index (χ0) is 4.50. The van der Waals surface area contributed by atoms with E-state index in [2.05, 4.69) is 55.7 Å². The fraction of sp³-hybridized carbons (Fsp3) is 0. The summed E-state index contributed by atoms with van der Waals surface area (Å²) in [4.78, 5) is 0. The first-order chi connectivity index (χ1) is 2.00. The third kappa shape index (κ3) is 21.2. The maximum absolute atomic E-state index is 3.30. The second kappa shape index (κ2) is 2.70. The Morgan fingerprint density at radius 2 is 0.800 bits per heavy atom. The molecule has 0 spiro atoms. The normalized spacial score (nSPS) is 12.0. The Kier molecular flexibility index (Phi) is 4.05. The van der Waals surface area contributed by atoms with Crippen molar-refractivity contribution in [2.24, 2.45) is 0 Å². The zero-order valence-corrected chi connectivity index (χ0v) is 10.2. The first-order valence-electron chi connectivity index (χ1n) is 0.676. The van der Waals surface area contributed by atoms with E-state index < -0.39 is 6.09 Å². The van der Waals surface area contributed by atoms with Crippen LogP contribution in [-0.4, -0.2) is 6.09 Å². The Morgan fingerprint density at radius 3 is 0.800 bits per heavy atom. The van der Waals surface area contributed by atoms with Crippen LogP contribution in [0.25, 0.3) is 0 Å². The zero-order valence-electron chi connectivity index (χ0n) is 1.96. The van der Waals surface area contributed by atoms with E-state index in [0.29, 0.717) is 0 Å². The van der Waals surface area contributed by atoms with Crippen LogP contribution in [0.5, 0.6) is 0 Å². The minimum absolute atomic E-state index is 1.62. The summed E-state index contributed by atoms with van der Waals surface area (Å²) in [5.41, 5.74) is 0. The second-order valence-electron chi connectivity index (χ2n) is 0.383. The van der Waals surface area contributed by atoms with E-state index in [0.717, 1.165) is 0 Å². The summed E-state index contributed by atoms with van der Waals surface area (Å²) in [6.07, 6.45) is -1.62. The van der Waals surface area contributed by atoms with Gasteiger partial charge >= 0.3 is 61.8 Å². The Labute approximate surface area is 60.8 Å². The van der Waals surface area contributed by atoms with Gasteiger partial charge in [-0.3, -0.25) is 0 Å². The topological polar surface area (TPSA) is 0 Å². The molecule has 5 heteroatoms. The van der Waals surface area contributed by atoms with E-state index in [4.69, 9.17) is 0 Å². The molecule has 33 valence electrons. The fourth-order valence-electron chi connectivity index (χ4n) is 0. The summed E-state index contributed by atoms with van der Waals surface area (Å²) in [5.74, 6) is 0. The van der Waals surface area contributed by atoms with Gasteiger partial charge in [0.1, 0.15) is 0 Å². The van der Waals surface area contributed by atoms with Gasteiger partial charge in [-0.15, -0.1) is 0 Å². The Hall–Kier alpha value is 2.48. The van der Waals surface area contributed by atoms with Crippen LogP contribution >= 0.6 is 55.7 Å². The molecule has 0 aromatic carbocycles. The van der Waals surface area contributed by atoms with E-state index in [9.17, 15) is 0 Å². The SMILES string of the molecule is Br[As](Br)(Br)Br. The molecule has 0 atom stereocenters. The van der Waals surface area contributed by atoms with E-state index in [1.54, 1.807) is 0 Å². The van der Waals surface area contributed by atoms with E-state index in [1.165, 1.54) is 0 Å². The third-order valence-corrected chi connectivity index (χ3v) is 0. The van der Waals surface area contributed by atoms with Crippen molar-refractivity contribution in [3.63, 3.8) is 0 Å². The van der Waals surface area contributed by atoms with Crippen molar-refractivity contribution in [1.82, 2.24) is 0 Å². The molecule has 5 heavy (non-hydrogen) atoms. The molecule has 0 aliphatic rings. The minimum atomic E-state index is -1.62. The average molecular weight is 395 g/mol. The molecule has 0 rings (SSSR count). The summed E-state index contributed by atoms with van der Waals surface area (Å²) in [7, 11) is 0. The molecule has 0 aromatic rings. The molecule has 0 bridgehead atoms. The third-order valence-electron chi connectivity index (χ3n) is 0. The van der Waals surface area contributed by atoms with Crippen molar-refractivity contribution < 1.29 is 0 Å². The molecule has 0 N–H and O–H groups in total. The molecule has 0 saturated carbocycles. The summed E-state index contributed by atoms with van der Waals surface area (Å²) in [6, 6.07) is 0. The van der Waals surface area contributed by atoms with E-state index in [-0.39, 0.29) is 0 Å². The van der Waals surface area contributed by atoms with Gasteiger partial charge < -0.3 is 0 Å². The van der Waals surface area contributed by atoms with Gasteiger partial charge in [-0.25, -0.2) is 0 Å². The number of halogens is 4. The van der Waals surface area contributed by atoms with Crippen LogP contribution in [0.15, 0.2) is 0 Å². The molecule has 0 aliphatic heterocycles. The van der Waals surface area contributed by atoms with Crippen molar-refractivity contribution in [2.75, 3.05) is 0 Å². The quantitative estimate of drug-likeness (QED) is 0.554. The van der Waals surface area contributed by atoms with Crippen molar-refractivity contribution >= 4 is 61.8 Å². The van der Waals surface area contributed by atoms with E-state index >= 15 is 0 Å². The molecule has 0 nitrogen and oxygen atoms in total. The van der Waals surface area contributed by atoms with Gasteiger partial charge in [-0.05, 0) is 0 Å². The van der Waals surface area contributed by atoms with Gasteiger partial charge in [0.15, 0.2) is 0 Å². The van der Waals surface area contributed by atoms with Crippen LogP contribution in [-0.2, 0) is 0 Å². The summed E-state index contributed by atoms with van der Waals surface area (Å²) >= 11 is 13.2. The van der Waals surface area contributed by atoms with Gasteiger partial charge in [0.2, 0.25) is 0 Å². The Balaban J connectivity index is 3.02.